The maximum absolute atomic E-state index is 9.65. The number of aliphatic hydroxyl groups is 2. The lowest BCUT2D eigenvalue weighted by molar-refractivity contribution is 0.0163. The number of piperidine rings is 1. The summed E-state index contributed by atoms with van der Waals surface area (Å²) in [4.78, 5) is 2.37. The second-order valence-electron chi connectivity index (χ2n) is 7.10. The van der Waals surface area contributed by atoms with Gasteiger partial charge in [-0.15, -0.1) is 0 Å². The molecule has 2 heterocycles. The lowest BCUT2D eigenvalue weighted by Crippen LogP contribution is -2.46. The molecule has 2 aliphatic rings. The van der Waals surface area contributed by atoms with Gasteiger partial charge in [-0.05, 0) is 45.1 Å². The summed E-state index contributed by atoms with van der Waals surface area (Å²) in [7, 11) is 0. The third kappa shape index (κ3) is 6.53. The Hall–Kier alpha value is -0.160. The third-order valence-corrected chi connectivity index (χ3v) is 5.27. The lowest BCUT2D eigenvalue weighted by Gasteiger charge is -2.36. The first-order chi connectivity index (χ1) is 10.8. The van der Waals surface area contributed by atoms with Crippen LogP contribution in [0.25, 0.3) is 0 Å². The number of likely N-dealkylation sites (tertiary alicyclic amines) is 1. The molecule has 0 radical (unpaired) electrons. The van der Waals surface area contributed by atoms with Crippen LogP contribution >= 0.6 is 0 Å². The van der Waals surface area contributed by atoms with Gasteiger partial charge in [0.25, 0.3) is 0 Å². The summed E-state index contributed by atoms with van der Waals surface area (Å²) in [6.07, 6.45) is 13.6. The molecule has 2 rings (SSSR count). The van der Waals surface area contributed by atoms with Gasteiger partial charge in [-0.25, -0.2) is 0 Å². The van der Waals surface area contributed by atoms with E-state index in [1.807, 2.05) is 0 Å². The number of ether oxygens (including phenoxy) is 1. The minimum absolute atomic E-state index is 0.176. The number of hydrogen-bond acceptors (Lipinski definition) is 4. The second-order valence-corrected chi connectivity index (χ2v) is 7.10. The first-order valence-corrected chi connectivity index (χ1v) is 9.44. The van der Waals surface area contributed by atoms with Gasteiger partial charge in [0, 0.05) is 19.2 Å². The number of hydrogen-bond donors (Lipinski definition) is 2. The molecule has 0 spiro atoms. The predicted molar refractivity (Wildman–Crippen MR) is 89.0 cm³/mol. The van der Waals surface area contributed by atoms with Crippen LogP contribution in [-0.4, -0.2) is 59.7 Å². The van der Waals surface area contributed by atoms with Crippen LogP contribution in [0.3, 0.4) is 0 Å². The zero-order valence-electron chi connectivity index (χ0n) is 14.1. The Morgan fingerprint density at radius 3 is 2.50 bits per heavy atom. The average molecular weight is 313 g/mol. The van der Waals surface area contributed by atoms with Crippen molar-refractivity contribution >= 4 is 0 Å². The van der Waals surface area contributed by atoms with Crippen molar-refractivity contribution in [3.8, 4) is 0 Å². The maximum atomic E-state index is 9.65. The summed E-state index contributed by atoms with van der Waals surface area (Å²) in [5.41, 5.74) is 0. The Morgan fingerprint density at radius 2 is 1.77 bits per heavy atom. The van der Waals surface area contributed by atoms with E-state index in [0.29, 0.717) is 6.10 Å². The van der Waals surface area contributed by atoms with Crippen molar-refractivity contribution in [2.24, 2.45) is 0 Å². The van der Waals surface area contributed by atoms with Crippen molar-refractivity contribution in [3.05, 3.63) is 0 Å². The van der Waals surface area contributed by atoms with Crippen molar-refractivity contribution in [2.75, 3.05) is 26.3 Å². The Balaban J connectivity index is 1.42. The minimum Gasteiger partial charge on any atom is -0.395 e. The highest BCUT2D eigenvalue weighted by molar-refractivity contribution is 4.80. The fourth-order valence-corrected chi connectivity index (χ4v) is 3.83. The van der Waals surface area contributed by atoms with Gasteiger partial charge < -0.3 is 14.9 Å². The van der Waals surface area contributed by atoms with Crippen LogP contribution in [0.5, 0.6) is 0 Å². The van der Waals surface area contributed by atoms with E-state index in [1.54, 1.807) is 0 Å². The maximum Gasteiger partial charge on any atom is 0.0587 e. The van der Waals surface area contributed by atoms with Gasteiger partial charge in [-0.2, -0.15) is 0 Å². The first kappa shape index (κ1) is 18.2. The summed E-state index contributed by atoms with van der Waals surface area (Å²) in [5, 5.41) is 19.1. The van der Waals surface area contributed by atoms with Crippen LogP contribution in [0.1, 0.15) is 70.6 Å². The van der Waals surface area contributed by atoms with Gasteiger partial charge in [0.15, 0.2) is 0 Å². The van der Waals surface area contributed by atoms with Crippen LogP contribution in [0.2, 0.25) is 0 Å². The predicted octanol–water partition coefficient (Wildman–Crippen LogP) is 2.71. The van der Waals surface area contributed by atoms with Gasteiger partial charge in [0.05, 0.1) is 18.8 Å². The van der Waals surface area contributed by atoms with Gasteiger partial charge in [-0.1, -0.05) is 32.1 Å². The summed E-state index contributed by atoms with van der Waals surface area (Å²) in [6, 6.07) is 0.176. The highest BCUT2D eigenvalue weighted by Gasteiger charge is 2.26. The van der Waals surface area contributed by atoms with Crippen LogP contribution < -0.4 is 0 Å². The lowest BCUT2D eigenvalue weighted by atomic mass is 9.99. The van der Waals surface area contributed by atoms with Crippen molar-refractivity contribution < 1.29 is 14.9 Å². The zero-order valence-corrected chi connectivity index (χ0v) is 14.1. The monoisotopic (exact) mass is 313 g/mol. The molecule has 0 aromatic heterocycles. The molecule has 1 unspecified atom stereocenters. The zero-order chi connectivity index (χ0) is 15.6. The normalized spacial score (nSPS) is 30.0. The van der Waals surface area contributed by atoms with E-state index in [2.05, 4.69) is 4.90 Å². The summed E-state index contributed by atoms with van der Waals surface area (Å²) >= 11 is 0. The molecule has 0 aromatic carbocycles. The molecule has 2 fully saturated rings. The molecule has 3 atom stereocenters. The number of aliphatic hydroxyl groups excluding tert-OH is 2. The Labute approximate surface area is 135 Å². The average Bonchev–Trinajstić information content (AvgIpc) is 3.04. The molecule has 4 heteroatoms. The molecule has 130 valence electrons. The fraction of sp³-hybridized carbons (Fsp3) is 1.00. The minimum atomic E-state index is -0.211. The van der Waals surface area contributed by atoms with Crippen molar-refractivity contribution in [1.82, 2.24) is 4.90 Å². The number of nitrogens with zero attached hydrogens (tertiary/aromatic N) is 1. The topological polar surface area (TPSA) is 52.9 Å². The van der Waals surface area contributed by atoms with Crippen LogP contribution in [0, 0.1) is 0 Å². The van der Waals surface area contributed by atoms with Crippen molar-refractivity contribution in [3.63, 3.8) is 0 Å². The molecule has 2 N–H and O–H groups in total. The smallest absolute Gasteiger partial charge is 0.0587 e. The number of unbranched alkanes of at least 4 members (excludes halogenated alkanes) is 5. The molecule has 22 heavy (non-hydrogen) atoms. The Kier molecular flexibility index (Phi) is 8.75. The van der Waals surface area contributed by atoms with E-state index in [-0.39, 0.29) is 18.8 Å². The molecule has 0 bridgehead atoms. The molecular formula is C18H35NO3. The summed E-state index contributed by atoms with van der Waals surface area (Å²) in [5.74, 6) is 0. The third-order valence-electron chi connectivity index (χ3n) is 5.27. The quantitative estimate of drug-likeness (QED) is 0.609. The van der Waals surface area contributed by atoms with Crippen LogP contribution in [0.4, 0.5) is 0 Å². The van der Waals surface area contributed by atoms with E-state index < -0.39 is 0 Å². The Morgan fingerprint density at radius 1 is 1.00 bits per heavy atom. The van der Waals surface area contributed by atoms with Crippen molar-refractivity contribution in [1.29, 1.82) is 0 Å². The molecule has 0 amide bonds. The highest BCUT2D eigenvalue weighted by Crippen LogP contribution is 2.20. The van der Waals surface area contributed by atoms with Gasteiger partial charge in [-0.3, -0.25) is 4.90 Å². The summed E-state index contributed by atoms with van der Waals surface area (Å²) in [6.45, 7) is 3.18. The van der Waals surface area contributed by atoms with E-state index in [9.17, 15) is 10.2 Å². The van der Waals surface area contributed by atoms with Crippen LogP contribution in [0.15, 0.2) is 0 Å². The first-order valence-electron chi connectivity index (χ1n) is 9.44. The highest BCUT2D eigenvalue weighted by atomic mass is 16.5. The molecule has 0 saturated carbocycles. The molecule has 2 saturated heterocycles. The SMILES string of the molecule is OC[C@@H]1C[C@H](O)CCN1CCCCCCCCC1CCCO1. The van der Waals surface area contributed by atoms with Crippen LogP contribution in [-0.2, 0) is 4.74 Å². The molecular weight excluding hydrogens is 278 g/mol. The summed E-state index contributed by atoms with van der Waals surface area (Å²) < 4.78 is 5.65. The Bertz CT molecular complexity index is 282. The second kappa shape index (κ2) is 10.6. The molecule has 4 nitrogen and oxygen atoms in total. The van der Waals surface area contributed by atoms with E-state index >= 15 is 0 Å². The van der Waals surface area contributed by atoms with E-state index in [1.165, 1.54) is 57.8 Å². The molecule has 0 aliphatic carbocycles. The van der Waals surface area contributed by atoms with E-state index in [4.69, 9.17) is 4.74 Å². The van der Waals surface area contributed by atoms with E-state index in [0.717, 1.165) is 32.5 Å². The number of rotatable bonds is 10. The van der Waals surface area contributed by atoms with Gasteiger partial charge in [0.1, 0.15) is 0 Å². The standard InChI is InChI=1S/C18H35NO3/c20-15-16-14-17(21)10-12-19(16)11-6-4-2-1-3-5-8-18-9-7-13-22-18/h16-18,20-21H,1-15H2/t16-,17+,18?/m0/s1. The largest absolute Gasteiger partial charge is 0.395 e. The van der Waals surface area contributed by atoms with Crippen molar-refractivity contribution in [2.45, 2.75) is 88.9 Å². The fourth-order valence-electron chi connectivity index (χ4n) is 3.83. The van der Waals surface area contributed by atoms with Gasteiger partial charge in [0.2, 0.25) is 0 Å². The molecule has 2 aliphatic heterocycles. The molecule has 0 aromatic rings. The van der Waals surface area contributed by atoms with Gasteiger partial charge >= 0.3 is 0 Å².